The first-order valence-electron chi connectivity index (χ1n) is 7.80. The predicted molar refractivity (Wildman–Crippen MR) is 78.7 cm³/mol. The van der Waals surface area contributed by atoms with Gasteiger partial charge in [-0.3, -0.25) is 4.79 Å². The van der Waals surface area contributed by atoms with Gasteiger partial charge in [-0.25, -0.2) is 4.79 Å². The Kier molecular flexibility index (Phi) is 7.41. The predicted octanol–water partition coefficient (Wildman–Crippen LogP) is 2.85. The van der Waals surface area contributed by atoms with Gasteiger partial charge in [0.25, 0.3) is 0 Å². The first-order chi connectivity index (χ1) is 9.54. The molecule has 1 rings (SSSR count). The number of nitrogens with one attached hydrogen (secondary N) is 1. The Bertz CT molecular complexity index is 314. The zero-order valence-electron chi connectivity index (χ0n) is 12.7. The fraction of sp³-hybridized carbons (Fsp3) is 0.867. The number of urea groups is 1. The average Bonchev–Trinajstić information content (AvgIpc) is 2.87. The van der Waals surface area contributed by atoms with Crippen molar-refractivity contribution in [2.45, 2.75) is 64.8 Å². The highest BCUT2D eigenvalue weighted by Crippen LogP contribution is 2.28. The maximum atomic E-state index is 12.0. The normalized spacial score (nSPS) is 16.9. The molecule has 0 bridgehead atoms. The molecule has 1 aliphatic rings. The number of hydrogen-bond acceptors (Lipinski definition) is 2. The van der Waals surface area contributed by atoms with Gasteiger partial charge in [0.05, 0.1) is 6.42 Å². The zero-order valence-corrected chi connectivity index (χ0v) is 12.7. The van der Waals surface area contributed by atoms with E-state index in [1.807, 2.05) is 6.92 Å². The molecule has 0 spiro atoms. The Morgan fingerprint density at radius 1 is 1.35 bits per heavy atom. The summed E-state index contributed by atoms with van der Waals surface area (Å²) < 4.78 is 0. The highest BCUT2D eigenvalue weighted by molar-refractivity contribution is 5.75. The van der Waals surface area contributed by atoms with Crippen LogP contribution in [0.1, 0.15) is 58.8 Å². The van der Waals surface area contributed by atoms with Crippen LogP contribution in [0.15, 0.2) is 0 Å². The smallest absolute Gasteiger partial charge is 0.317 e. The molecule has 1 unspecified atom stereocenters. The van der Waals surface area contributed by atoms with Gasteiger partial charge in [0.15, 0.2) is 0 Å². The Hall–Kier alpha value is -1.26. The third kappa shape index (κ3) is 5.80. The Labute approximate surface area is 121 Å². The van der Waals surface area contributed by atoms with E-state index in [1.54, 1.807) is 11.8 Å². The number of hydrogen-bond donors (Lipinski definition) is 2. The number of rotatable bonds is 8. The van der Waals surface area contributed by atoms with Gasteiger partial charge in [-0.15, -0.1) is 0 Å². The number of carbonyl (C=O) groups is 2. The van der Waals surface area contributed by atoms with Crippen LogP contribution in [0.4, 0.5) is 4.79 Å². The molecular weight excluding hydrogens is 256 g/mol. The van der Waals surface area contributed by atoms with E-state index in [-0.39, 0.29) is 18.5 Å². The standard InChI is InChI=1S/C15H28N2O3/c1-3-17(12(2)11-14(18)19)15(20)16-10-6-9-13-7-4-5-8-13/h12-13H,3-11H2,1-2H3,(H,16,20)(H,18,19). The van der Waals surface area contributed by atoms with Crippen molar-refractivity contribution in [3.05, 3.63) is 0 Å². The molecule has 5 heteroatoms. The second-order valence-electron chi connectivity index (χ2n) is 5.76. The van der Waals surface area contributed by atoms with E-state index in [0.717, 1.165) is 12.3 Å². The molecule has 5 nitrogen and oxygen atoms in total. The molecule has 0 aromatic carbocycles. The molecule has 20 heavy (non-hydrogen) atoms. The lowest BCUT2D eigenvalue weighted by Crippen LogP contribution is -2.45. The molecule has 0 radical (unpaired) electrons. The maximum Gasteiger partial charge on any atom is 0.317 e. The van der Waals surface area contributed by atoms with Crippen LogP contribution in [-0.2, 0) is 4.79 Å². The van der Waals surface area contributed by atoms with Gasteiger partial charge in [-0.2, -0.15) is 0 Å². The molecule has 0 saturated heterocycles. The van der Waals surface area contributed by atoms with E-state index >= 15 is 0 Å². The first kappa shape index (κ1) is 16.8. The Morgan fingerprint density at radius 3 is 2.55 bits per heavy atom. The molecule has 2 amide bonds. The van der Waals surface area contributed by atoms with Crippen molar-refractivity contribution in [1.82, 2.24) is 10.2 Å². The zero-order chi connectivity index (χ0) is 15.0. The summed E-state index contributed by atoms with van der Waals surface area (Å²) in [6.45, 7) is 4.86. The van der Waals surface area contributed by atoms with E-state index < -0.39 is 5.97 Å². The maximum absolute atomic E-state index is 12.0. The molecule has 0 aromatic heterocycles. The summed E-state index contributed by atoms with van der Waals surface area (Å²) in [4.78, 5) is 24.3. The van der Waals surface area contributed by atoms with Gasteiger partial charge in [0.1, 0.15) is 0 Å². The third-order valence-corrected chi connectivity index (χ3v) is 4.14. The van der Waals surface area contributed by atoms with Gasteiger partial charge < -0.3 is 15.3 Å². The summed E-state index contributed by atoms with van der Waals surface area (Å²) in [5, 5.41) is 11.7. The van der Waals surface area contributed by atoms with Crippen molar-refractivity contribution >= 4 is 12.0 Å². The van der Waals surface area contributed by atoms with Crippen molar-refractivity contribution in [3.63, 3.8) is 0 Å². The van der Waals surface area contributed by atoms with E-state index in [2.05, 4.69) is 5.32 Å². The average molecular weight is 284 g/mol. The minimum atomic E-state index is -0.870. The summed E-state index contributed by atoms with van der Waals surface area (Å²) in [5.41, 5.74) is 0. The van der Waals surface area contributed by atoms with Crippen LogP contribution in [0.3, 0.4) is 0 Å². The van der Waals surface area contributed by atoms with Gasteiger partial charge >= 0.3 is 12.0 Å². The largest absolute Gasteiger partial charge is 0.481 e. The van der Waals surface area contributed by atoms with Crippen LogP contribution in [0.5, 0.6) is 0 Å². The van der Waals surface area contributed by atoms with Gasteiger partial charge in [0.2, 0.25) is 0 Å². The van der Waals surface area contributed by atoms with E-state index in [9.17, 15) is 9.59 Å². The molecule has 1 aliphatic carbocycles. The summed E-state index contributed by atoms with van der Waals surface area (Å²) in [6, 6.07) is -0.417. The van der Waals surface area contributed by atoms with Gasteiger partial charge in [-0.05, 0) is 32.6 Å². The highest BCUT2D eigenvalue weighted by atomic mass is 16.4. The molecule has 116 valence electrons. The van der Waals surface area contributed by atoms with Crippen molar-refractivity contribution in [2.75, 3.05) is 13.1 Å². The van der Waals surface area contributed by atoms with Gasteiger partial charge in [-0.1, -0.05) is 25.7 Å². The van der Waals surface area contributed by atoms with Crippen LogP contribution >= 0.6 is 0 Å². The Morgan fingerprint density at radius 2 is 2.00 bits per heavy atom. The molecule has 0 aliphatic heterocycles. The lowest BCUT2D eigenvalue weighted by molar-refractivity contribution is -0.138. The fourth-order valence-electron chi connectivity index (χ4n) is 3.00. The fourth-order valence-corrected chi connectivity index (χ4v) is 3.00. The molecule has 1 fully saturated rings. The van der Waals surface area contributed by atoms with Crippen LogP contribution < -0.4 is 5.32 Å². The molecule has 0 heterocycles. The molecule has 2 N–H and O–H groups in total. The summed E-state index contributed by atoms with van der Waals surface area (Å²) in [6.07, 6.45) is 7.58. The number of aliphatic carboxylic acids is 1. The van der Waals surface area contributed by atoms with Crippen LogP contribution in [-0.4, -0.2) is 41.1 Å². The number of nitrogens with zero attached hydrogens (tertiary/aromatic N) is 1. The lowest BCUT2D eigenvalue weighted by Gasteiger charge is -2.27. The number of carboxylic acids is 1. The minimum absolute atomic E-state index is 0.0106. The van der Waals surface area contributed by atoms with Crippen molar-refractivity contribution in [2.24, 2.45) is 5.92 Å². The molecular formula is C15H28N2O3. The van der Waals surface area contributed by atoms with Crippen LogP contribution in [0, 0.1) is 5.92 Å². The monoisotopic (exact) mass is 284 g/mol. The number of amides is 2. The second kappa shape index (κ2) is 8.82. The van der Waals surface area contributed by atoms with Crippen molar-refractivity contribution < 1.29 is 14.7 Å². The molecule has 1 atom stereocenters. The van der Waals surface area contributed by atoms with Crippen LogP contribution in [0.2, 0.25) is 0 Å². The topological polar surface area (TPSA) is 69.6 Å². The molecule has 1 saturated carbocycles. The van der Waals surface area contributed by atoms with E-state index in [0.29, 0.717) is 13.1 Å². The summed E-state index contributed by atoms with van der Waals surface area (Å²) in [7, 11) is 0. The number of carboxylic acid groups (broad SMARTS) is 1. The number of carbonyl (C=O) groups excluding carboxylic acids is 1. The van der Waals surface area contributed by atoms with Crippen molar-refractivity contribution in [3.8, 4) is 0 Å². The third-order valence-electron chi connectivity index (χ3n) is 4.14. The van der Waals surface area contributed by atoms with Crippen molar-refractivity contribution in [1.29, 1.82) is 0 Å². The van der Waals surface area contributed by atoms with Gasteiger partial charge in [0, 0.05) is 19.1 Å². The van der Waals surface area contributed by atoms with E-state index in [1.165, 1.54) is 32.1 Å². The summed E-state index contributed by atoms with van der Waals surface area (Å²) in [5.74, 6) is -0.0231. The Balaban J connectivity index is 2.22. The molecule has 0 aromatic rings. The minimum Gasteiger partial charge on any atom is -0.481 e. The SMILES string of the molecule is CCN(C(=O)NCCCC1CCCC1)C(C)CC(=O)O. The second-order valence-corrected chi connectivity index (χ2v) is 5.76. The summed E-state index contributed by atoms with van der Waals surface area (Å²) >= 11 is 0. The quantitative estimate of drug-likeness (QED) is 0.673. The highest BCUT2D eigenvalue weighted by Gasteiger charge is 2.20. The van der Waals surface area contributed by atoms with E-state index in [4.69, 9.17) is 5.11 Å². The van der Waals surface area contributed by atoms with Crippen LogP contribution in [0.25, 0.3) is 0 Å². The first-order valence-corrected chi connectivity index (χ1v) is 7.80. The lowest BCUT2D eigenvalue weighted by atomic mass is 10.0.